The van der Waals surface area contributed by atoms with Gasteiger partial charge in [0.25, 0.3) is 0 Å². The van der Waals surface area contributed by atoms with Gasteiger partial charge in [0, 0.05) is 4.88 Å². The zero-order valence-corrected chi connectivity index (χ0v) is 11.8. The van der Waals surface area contributed by atoms with Gasteiger partial charge in [-0.1, -0.05) is 24.3 Å². The summed E-state index contributed by atoms with van der Waals surface area (Å²) in [6.07, 6.45) is 6.95. The summed E-state index contributed by atoms with van der Waals surface area (Å²) in [5.41, 5.74) is 10.5. The fourth-order valence-corrected chi connectivity index (χ4v) is 4.76. The Labute approximate surface area is 117 Å². The van der Waals surface area contributed by atoms with E-state index >= 15 is 0 Å². The minimum atomic E-state index is -0.343. The highest BCUT2D eigenvalue weighted by Crippen LogP contribution is 2.42. The topological polar surface area (TPSA) is 38.9 Å². The number of benzene rings is 1. The van der Waals surface area contributed by atoms with Crippen LogP contribution in [0.1, 0.15) is 46.0 Å². The van der Waals surface area contributed by atoms with E-state index in [9.17, 15) is 0 Å². The Morgan fingerprint density at radius 1 is 1.11 bits per heavy atom. The quantitative estimate of drug-likeness (QED) is 0.864. The highest BCUT2D eigenvalue weighted by atomic mass is 32.1. The zero-order valence-electron chi connectivity index (χ0n) is 11.0. The Balaban J connectivity index is 1.85. The van der Waals surface area contributed by atoms with Gasteiger partial charge in [0.2, 0.25) is 0 Å². The lowest BCUT2D eigenvalue weighted by Crippen LogP contribution is -2.41. The Kier molecular flexibility index (Phi) is 2.54. The second-order valence-corrected chi connectivity index (χ2v) is 6.81. The fraction of sp³-hybridized carbons (Fsp3) is 0.438. The first-order valence-corrected chi connectivity index (χ1v) is 7.95. The van der Waals surface area contributed by atoms with Crippen molar-refractivity contribution in [2.75, 3.05) is 0 Å². The largest absolute Gasteiger partial charge is 0.316 e. The summed E-state index contributed by atoms with van der Waals surface area (Å²) in [4.78, 5) is 6.35. The van der Waals surface area contributed by atoms with Crippen LogP contribution in [-0.2, 0) is 24.8 Å². The molecule has 1 heterocycles. The molecule has 0 amide bonds. The number of nitrogens with two attached hydrogens (primary N) is 1. The van der Waals surface area contributed by atoms with Crippen LogP contribution >= 0.6 is 11.3 Å². The predicted octanol–water partition coefficient (Wildman–Crippen LogP) is 3.17. The molecule has 0 saturated carbocycles. The molecule has 0 aliphatic heterocycles. The first-order chi connectivity index (χ1) is 9.27. The van der Waals surface area contributed by atoms with Crippen LogP contribution < -0.4 is 5.73 Å². The predicted molar refractivity (Wildman–Crippen MR) is 78.5 cm³/mol. The van der Waals surface area contributed by atoms with Crippen molar-refractivity contribution < 1.29 is 0 Å². The Bertz CT molecular complexity index is 610. The summed E-state index contributed by atoms with van der Waals surface area (Å²) >= 11 is 1.85. The van der Waals surface area contributed by atoms with Crippen molar-refractivity contribution >= 4 is 11.3 Å². The van der Waals surface area contributed by atoms with Gasteiger partial charge in [-0.25, -0.2) is 4.98 Å². The van der Waals surface area contributed by atoms with E-state index in [1.54, 1.807) is 0 Å². The van der Waals surface area contributed by atoms with E-state index in [0.29, 0.717) is 0 Å². The molecule has 98 valence electrons. The van der Waals surface area contributed by atoms with Crippen molar-refractivity contribution in [3.63, 3.8) is 0 Å². The summed E-state index contributed by atoms with van der Waals surface area (Å²) in [6.45, 7) is 0. The third-order valence-corrected chi connectivity index (χ3v) is 5.83. The van der Waals surface area contributed by atoms with E-state index in [0.717, 1.165) is 30.7 Å². The van der Waals surface area contributed by atoms with Gasteiger partial charge in [0.1, 0.15) is 5.01 Å². The normalized spacial score (nSPS) is 25.1. The minimum absolute atomic E-state index is 0.343. The minimum Gasteiger partial charge on any atom is -0.316 e. The van der Waals surface area contributed by atoms with Crippen LogP contribution in [0.15, 0.2) is 24.3 Å². The molecule has 1 atom stereocenters. The number of hydrogen-bond donors (Lipinski definition) is 1. The fourth-order valence-electron chi connectivity index (χ4n) is 3.47. The third kappa shape index (κ3) is 1.68. The van der Waals surface area contributed by atoms with Gasteiger partial charge < -0.3 is 5.73 Å². The summed E-state index contributed by atoms with van der Waals surface area (Å²) < 4.78 is 0. The maximum atomic E-state index is 6.80. The van der Waals surface area contributed by atoms with Crippen LogP contribution in [0.4, 0.5) is 0 Å². The molecule has 1 unspecified atom stereocenters. The van der Waals surface area contributed by atoms with Crippen LogP contribution in [-0.4, -0.2) is 4.98 Å². The molecule has 0 saturated heterocycles. The van der Waals surface area contributed by atoms with Crippen LogP contribution in [0.25, 0.3) is 0 Å². The zero-order chi connectivity index (χ0) is 12.9. The van der Waals surface area contributed by atoms with E-state index in [-0.39, 0.29) is 5.54 Å². The Morgan fingerprint density at radius 3 is 2.89 bits per heavy atom. The van der Waals surface area contributed by atoms with E-state index in [4.69, 9.17) is 10.7 Å². The molecule has 1 aromatic heterocycles. The van der Waals surface area contributed by atoms with Gasteiger partial charge >= 0.3 is 0 Å². The van der Waals surface area contributed by atoms with Crippen molar-refractivity contribution in [2.24, 2.45) is 5.73 Å². The van der Waals surface area contributed by atoms with Gasteiger partial charge in [-0.15, -0.1) is 11.3 Å². The number of rotatable bonds is 1. The van der Waals surface area contributed by atoms with Crippen LogP contribution in [0, 0.1) is 0 Å². The number of fused-ring (bicyclic) bond motifs is 2. The van der Waals surface area contributed by atoms with Gasteiger partial charge in [-0.2, -0.15) is 0 Å². The monoisotopic (exact) mass is 270 g/mol. The van der Waals surface area contributed by atoms with Crippen molar-refractivity contribution in [1.29, 1.82) is 0 Å². The third-order valence-electron chi connectivity index (χ3n) is 4.49. The number of thiazole rings is 1. The summed E-state index contributed by atoms with van der Waals surface area (Å²) in [7, 11) is 0. The van der Waals surface area contributed by atoms with E-state index < -0.39 is 0 Å². The molecule has 0 fully saturated rings. The lowest BCUT2D eigenvalue weighted by atomic mass is 9.77. The summed E-state index contributed by atoms with van der Waals surface area (Å²) in [6, 6.07) is 8.64. The summed E-state index contributed by atoms with van der Waals surface area (Å²) in [5.74, 6) is 0. The van der Waals surface area contributed by atoms with Gasteiger partial charge in [0.05, 0.1) is 11.2 Å². The number of nitrogens with zero attached hydrogens (tertiary/aromatic N) is 1. The lowest BCUT2D eigenvalue weighted by molar-refractivity contribution is 0.440. The average molecular weight is 270 g/mol. The van der Waals surface area contributed by atoms with Gasteiger partial charge in [-0.05, 0) is 49.7 Å². The van der Waals surface area contributed by atoms with Crippen LogP contribution in [0.2, 0.25) is 0 Å². The van der Waals surface area contributed by atoms with Crippen molar-refractivity contribution in [3.8, 4) is 0 Å². The molecule has 2 nitrogen and oxygen atoms in total. The maximum absolute atomic E-state index is 6.80. The molecule has 19 heavy (non-hydrogen) atoms. The van der Waals surface area contributed by atoms with Crippen LogP contribution in [0.3, 0.4) is 0 Å². The molecule has 2 aliphatic carbocycles. The second kappa shape index (κ2) is 4.15. The molecule has 0 radical (unpaired) electrons. The smallest absolute Gasteiger partial charge is 0.118 e. The Hall–Kier alpha value is -1.19. The molecule has 3 heteroatoms. The van der Waals surface area contributed by atoms with E-state index in [2.05, 4.69) is 24.3 Å². The molecule has 0 bridgehead atoms. The van der Waals surface area contributed by atoms with Crippen molar-refractivity contribution in [2.45, 2.75) is 44.1 Å². The molecule has 2 aromatic rings. The number of aryl methyl sites for hydroxylation is 3. The van der Waals surface area contributed by atoms with Crippen molar-refractivity contribution in [1.82, 2.24) is 4.98 Å². The van der Waals surface area contributed by atoms with E-state index in [1.807, 2.05) is 11.3 Å². The highest BCUT2D eigenvalue weighted by molar-refractivity contribution is 7.12. The molecule has 1 aromatic carbocycles. The molecule has 4 rings (SSSR count). The Morgan fingerprint density at radius 2 is 2.00 bits per heavy atom. The second-order valence-electron chi connectivity index (χ2n) is 5.72. The average Bonchev–Trinajstić information content (AvgIpc) is 3.00. The number of hydrogen-bond acceptors (Lipinski definition) is 3. The molecule has 0 spiro atoms. The first kappa shape index (κ1) is 11.6. The van der Waals surface area contributed by atoms with Gasteiger partial charge in [-0.3, -0.25) is 0 Å². The van der Waals surface area contributed by atoms with Gasteiger partial charge in [0.15, 0.2) is 0 Å². The van der Waals surface area contributed by atoms with E-state index in [1.165, 1.54) is 34.5 Å². The highest BCUT2D eigenvalue weighted by Gasteiger charge is 2.38. The molecule has 2 N–H and O–H groups in total. The molecular formula is C16H18N2S. The lowest BCUT2D eigenvalue weighted by Gasteiger charge is -2.34. The maximum Gasteiger partial charge on any atom is 0.118 e. The molecule has 2 aliphatic rings. The SMILES string of the molecule is NC1(c2nc3c(s2)CCC3)CCCc2ccccc21. The first-order valence-electron chi connectivity index (χ1n) is 7.14. The van der Waals surface area contributed by atoms with Crippen molar-refractivity contribution in [3.05, 3.63) is 51.0 Å². The van der Waals surface area contributed by atoms with Crippen LogP contribution in [0.5, 0.6) is 0 Å². The summed E-state index contributed by atoms with van der Waals surface area (Å²) in [5, 5.41) is 1.14. The molecular weight excluding hydrogens is 252 g/mol. The standard InChI is InChI=1S/C16H18N2S/c17-16(15-18-13-8-3-9-14(13)19-15)10-4-6-11-5-1-2-7-12(11)16/h1-2,5,7H,3-4,6,8-10,17H2. The number of aromatic nitrogens is 1.